The van der Waals surface area contributed by atoms with Gasteiger partial charge in [-0.05, 0) is 24.3 Å². The Kier molecular flexibility index (Phi) is 4.08. The van der Waals surface area contributed by atoms with Gasteiger partial charge >= 0.3 is 6.03 Å². The van der Waals surface area contributed by atoms with Crippen LogP contribution in [0.25, 0.3) is 11.3 Å². The van der Waals surface area contributed by atoms with Gasteiger partial charge in [-0.2, -0.15) is 0 Å². The van der Waals surface area contributed by atoms with Crippen molar-refractivity contribution in [1.82, 2.24) is 10.0 Å². The number of halogens is 1. The zero-order chi connectivity index (χ0) is 13.8. The van der Waals surface area contributed by atoms with Crippen LogP contribution in [-0.2, 0) is 4.84 Å². The number of hydroxylamine groups is 2. The van der Waals surface area contributed by atoms with Gasteiger partial charge < -0.3 is 0 Å². The summed E-state index contributed by atoms with van der Waals surface area (Å²) in [6.07, 6.45) is 0. The molecule has 1 aromatic heterocycles. The standard InChI is InChI=1S/C12H12FN3O2S/c1-16(18-2)12(17)15-11-14-10(7-19-11)8-3-5-9(13)6-4-8/h3-7H,1-2H3,(H,14,15,17). The number of rotatable bonds is 3. The number of aromatic nitrogens is 1. The second-order valence-corrected chi connectivity index (χ2v) is 4.51. The molecule has 0 saturated heterocycles. The van der Waals surface area contributed by atoms with Crippen molar-refractivity contribution in [1.29, 1.82) is 0 Å². The fourth-order valence-corrected chi connectivity index (χ4v) is 2.05. The molecule has 19 heavy (non-hydrogen) atoms. The quantitative estimate of drug-likeness (QED) is 0.880. The normalized spacial score (nSPS) is 10.3. The van der Waals surface area contributed by atoms with Gasteiger partial charge in [0.05, 0.1) is 12.8 Å². The van der Waals surface area contributed by atoms with Gasteiger partial charge in [0.25, 0.3) is 0 Å². The first kappa shape index (κ1) is 13.4. The molecular formula is C12H12FN3O2S. The van der Waals surface area contributed by atoms with Crippen molar-refractivity contribution in [2.24, 2.45) is 0 Å². The van der Waals surface area contributed by atoms with E-state index in [0.717, 1.165) is 10.6 Å². The predicted octanol–water partition coefficient (Wildman–Crippen LogP) is 2.97. The molecule has 0 aliphatic carbocycles. The lowest BCUT2D eigenvalue weighted by atomic mass is 10.2. The molecule has 0 fully saturated rings. The fourth-order valence-electron chi connectivity index (χ4n) is 1.34. The van der Waals surface area contributed by atoms with Crippen LogP contribution in [0.2, 0.25) is 0 Å². The Bertz CT molecular complexity index is 571. The monoisotopic (exact) mass is 281 g/mol. The van der Waals surface area contributed by atoms with Gasteiger partial charge in [0.1, 0.15) is 5.82 Å². The molecule has 7 heteroatoms. The molecule has 1 heterocycles. The van der Waals surface area contributed by atoms with Crippen molar-refractivity contribution in [3.8, 4) is 11.3 Å². The Morgan fingerprint density at radius 1 is 1.42 bits per heavy atom. The van der Waals surface area contributed by atoms with E-state index in [-0.39, 0.29) is 5.82 Å². The minimum Gasteiger partial charge on any atom is -0.282 e. The van der Waals surface area contributed by atoms with Crippen LogP contribution in [0.1, 0.15) is 0 Å². The highest BCUT2D eigenvalue weighted by Gasteiger charge is 2.11. The van der Waals surface area contributed by atoms with Crippen LogP contribution < -0.4 is 5.32 Å². The summed E-state index contributed by atoms with van der Waals surface area (Å²) < 4.78 is 12.8. The maximum Gasteiger partial charge on any atom is 0.347 e. The first-order valence-corrected chi connectivity index (χ1v) is 6.28. The minimum atomic E-state index is -0.414. The number of carbonyl (C=O) groups is 1. The zero-order valence-electron chi connectivity index (χ0n) is 10.4. The lowest BCUT2D eigenvalue weighted by Gasteiger charge is -2.12. The van der Waals surface area contributed by atoms with E-state index in [1.165, 1.54) is 37.6 Å². The number of thiazole rings is 1. The molecule has 5 nitrogen and oxygen atoms in total. The van der Waals surface area contributed by atoms with Crippen molar-refractivity contribution in [2.45, 2.75) is 0 Å². The Labute approximate surface area is 113 Å². The molecule has 0 unspecified atom stereocenters. The Morgan fingerprint density at radius 2 is 2.11 bits per heavy atom. The number of urea groups is 1. The molecule has 0 spiro atoms. The number of nitrogens with zero attached hydrogens (tertiary/aromatic N) is 2. The van der Waals surface area contributed by atoms with Crippen LogP contribution in [0.5, 0.6) is 0 Å². The number of amides is 2. The van der Waals surface area contributed by atoms with Crippen LogP contribution in [0.3, 0.4) is 0 Å². The topological polar surface area (TPSA) is 54.5 Å². The van der Waals surface area contributed by atoms with E-state index in [1.807, 2.05) is 0 Å². The van der Waals surface area contributed by atoms with Crippen molar-refractivity contribution in [3.05, 3.63) is 35.5 Å². The summed E-state index contributed by atoms with van der Waals surface area (Å²) in [6, 6.07) is 5.59. The number of hydrogen-bond acceptors (Lipinski definition) is 4. The highest BCUT2D eigenvalue weighted by atomic mass is 32.1. The average molecular weight is 281 g/mol. The molecule has 1 N–H and O–H groups in total. The molecule has 0 bridgehead atoms. The van der Waals surface area contributed by atoms with E-state index in [4.69, 9.17) is 4.84 Å². The Hall–Kier alpha value is -1.99. The van der Waals surface area contributed by atoms with Crippen molar-refractivity contribution in [2.75, 3.05) is 19.5 Å². The number of anilines is 1. The van der Waals surface area contributed by atoms with E-state index in [1.54, 1.807) is 17.5 Å². The second kappa shape index (κ2) is 5.77. The van der Waals surface area contributed by atoms with Crippen molar-refractivity contribution >= 4 is 22.5 Å². The third-order valence-electron chi connectivity index (χ3n) is 2.42. The van der Waals surface area contributed by atoms with Crippen LogP contribution in [0.15, 0.2) is 29.6 Å². The zero-order valence-corrected chi connectivity index (χ0v) is 11.2. The van der Waals surface area contributed by atoms with E-state index < -0.39 is 6.03 Å². The predicted molar refractivity (Wildman–Crippen MR) is 71.3 cm³/mol. The number of carbonyl (C=O) groups excluding carboxylic acids is 1. The maximum absolute atomic E-state index is 12.8. The molecule has 100 valence electrons. The first-order valence-electron chi connectivity index (χ1n) is 5.40. The molecule has 0 aliphatic heterocycles. The summed E-state index contributed by atoms with van der Waals surface area (Å²) in [4.78, 5) is 20.5. The molecular weight excluding hydrogens is 269 g/mol. The highest BCUT2D eigenvalue weighted by molar-refractivity contribution is 7.14. The van der Waals surface area contributed by atoms with E-state index in [2.05, 4.69) is 10.3 Å². The highest BCUT2D eigenvalue weighted by Crippen LogP contribution is 2.25. The molecule has 2 aromatic rings. The van der Waals surface area contributed by atoms with Gasteiger partial charge in [-0.25, -0.2) is 19.2 Å². The molecule has 2 rings (SSSR count). The first-order chi connectivity index (χ1) is 9.10. The lowest BCUT2D eigenvalue weighted by Crippen LogP contribution is -2.30. The largest absolute Gasteiger partial charge is 0.347 e. The van der Waals surface area contributed by atoms with Crippen LogP contribution >= 0.6 is 11.3 Å². The second-order valence-electron chi connectivity index (χ2n) is 3.65. The van der Waals surface area contributed by atoms with Gasteiger partial charge in [0.2, 0.25) is 0 Å². The number of nitrogens with one attached hydrogen (secondary N) is 1. The summed E-state index contributed by atoms with van der Waals surface area (Å²) in [6.45, 7) is 0. The molecule has 0 aliphatic rings. The van der Waals surface area contributed by atoms with E-state index in [9.17, 15) is 9.18 Å². The third kappa shape index (κ3) is 3.27. The number of hydrogen-bond donors (Lipinski definition) is 1. The van der Waals surface area contributed by atoms with Crippen molar-refractivity contribution < 1.29 is 14.0 Å². The summed E-state index contributed by atoms with van der Waals surface area (Å²) >= 11 is 1.29. The van der Waals surface area contributed by atoms with Crippen LogP contribution in [0.4, 0.5) is 14.3 Å². The molecule has 1 aromatic carbocycles. The Balaban J connectivity index is 2.11. The van der Waals surface area contributed by atoms with Crippen LogP contribution in [-0.4, -0.2) is 30.2 Å². The summed E-state index contributed by atoms with van der Waals surface area (Å²) in [5, 5.41) is 5.88. The van der Waals surface area contributed by atoms with Crippen LogP contribution in [0, 0.1) is 5.82 Å². The minimum absolute atomic E-state index is 0.297. The summed E-state index contributed by atoms with van der Waals surface area (Å²) in [5.74, 6) is -0.297. The van der Waals surface area contributed by atoms with Gasteiger partial charge in [0.15, 0.2) is 5.13 Å². The number of benzene rings is 1. The maximum atomic E-state index is 12.8. The molecule has 2 amide bonds. The van der Waals surface area contributed by atoms with Gasteiger partial charge in [-0.1, -0.05) is 0 Å². The smallest absolute Gasteiger partial charge is 0.282 e. The molecule has 0 saturated carbocycles. The third-order valence-corrected chi connectivity index (χ3v) is 3.18. The van der Waals surface area contributed by atoms with E-state index in [0.29, 0.717) is 10.8 Å². The lowest BCUT2D eigenvalue weighted by molar-refractivity contribution is -0.0598. The SMILES string of the molecule is CON(C)C(=O)Nc1nc(-c2ccc(F)cc2)cs1. The van der Waals surface area contributed by atoms with Gasteiger partial charge in [-0.15, -0.1) is 11.3 Å². The summed E-state index contributed by atoms with van der Waals surface area (Å²) in [5.41, 5.74) is 1.47. The summed E-state index contributed by atoms with van der Waals surface area (Å²) in [7, 11) is 2.88. The van der Waals surface area contributed by atoms with E-state index >= 15 is 0 Å². The molecule has 0 radical (unpaired) electrons. The van der Waals surface area contributed by atoms with Gasteiger partial charge in [-0.3, -0.25) is 10.2 Å². The van der Waals surface area contributed by atoms with Crippen molar-refractivity contribution in [3.63, 3.8) is 0 Å². The fraction of sp³-hybridized carbons (Fsp3) is 0.167. The molecule has 0 atom stereocenters. The average Bonchev–Trinajstić information content (AvgIpc) is 2.87. The van der Waals surface area contributed by atoms with Gasteiger partial charge in [0, 0.05) is 18.0 Å². The Morgan fingerprint density at radius 3 is 2.74 bits per heavy atom.